The van der Waals surface area contributed by atoms with Crippen LogP contribution in [0, 0.1) is 13.8 Å². The quantitative estimate of drug-likeness (QED) is 0.256. The highest BCUT2D eigenvalue weighted by atomic mass is 16.5. The van der Waals surface area contributed by atoms with Crippen LogP contribution in [-0.4, -0.2) is 11.0 Å². The van der Waals surface area contributed by atoms with Gasteiger partial charge in [-0.05, 0) is 37.6 Å². The largest absolute Gasteiger partial charge is 0.457 e. The van der Waals surface area contributed by atoms with Gasteiger partial charge < -0.3 is 9.15 Å². The molecule has 3 aromatic carbocycles. The fraction of sp³-hybridized carbons (Fsp3) is 0.107. The summed E-state index contributed by atoms with van der Waals surface area (Å²) < 4.78 is 11.0. The third-order valence-corrected chi connectivity index (χ3v) is 5.63. The number of pyridine rings is 1. The zero-order valence-corrected chi connectivity index (χ0v) is 18.3. The zero-order valence-electron chi connectivity index (χ0n) is 18.3. The van der Waals surface area contributed by atoms with Crippen molar-refractivity contribution in [3.63, 3.8) is 0 Å². The van der Waals surface area contributed by atoms with Gasteiger partial charge in [-0.25, -0.2) is 14.6 Å². The van der Waals surface area contributed by atoms with E-state index in [2.05, 4.69) is 0 Å². The number of aromatic nitrogens is 1. The SMILES string of the molecule is Cc1ccc(-c2cc(C(=O)OCc3cc(=O)oc4cc(C)ccc34)c3ccccc3n2)cc1. The number of esters is 1. The number of fused-ring (bicyclic) bond motifs is 2. The van der Waals surface area contributed by atoms with Gasteiger partial charge >= 0.3 is 11.6 Å². The fourth-order valence-electron chi connectivity index (χ4n) is 3.89. The molecular weight excluding hydrogens is 414 g/mol. The van der Waals surface area contributed by atoms with E-state index >= 15 is 0 Å². The molecule has 2 aromatic heterocycles. The lowest BCUT2D eigenvalue weighted by Crippen LogP contribution is -2.09. The summed E-state index contributed by atoms with van der Waals surface area (Å²) in [7, 11) is 0. The molecule has 5 rings (SSSR count). The zero-order chi connectivity index (χ0) is 22.9. The molecular formula is C28H21NO4. The molecule has 5 heteroatoms. The van der Waals surface area contributed by atoms with Crippen LogP contribution in [0.15, 0.2) is 88.1 Å². The number of ether oxygens (including phenoxy) is 1. The van der Waals surface area contributed by atoms with Crippen molar-refractivity contribution in [1.29, 1.82) is 0 Å². The maximum Gasteiger partial charge on any atom is 0.339 e. The third-order valence-electron chi connectivity index (χ3n) is 5.63. The van der Waals surface area contributed by atoms with Gasteiger partial charge in [0.05, 0.1) is 16.8 Å². The molecule has 5 nitrogen and oxygen atoms in total. The average molecular weight is 435 g/mol. The molecule has 162 valence electrons. The summed E-state index contributed by atoms with van der Waals surface area (Å²) in [6.45, 7) is 3.91. The van der Waals surface area contributed by atoms with Gasteiger partial charge in [0.25, 0.3) is 0 Å². The van der Waals surface area contributed by atoms with Crippen LogP contribution >= 0.6 is 0 Å². The van der Waals surface area contributed by atoms with Crippen molar-refractivity contribution < 1.29 is 13.9 Å². The number of carbonyl (C=O) groups is 1. The number of para-hydroxylation sites is 1. The summed E-state index contributed by atoms with van der Waals surface area (Å²) >= 11 is 0. The van der Waals surface area contributed by atoms with Crippen LogP contribution < -0.4 is 5.63 Å². The second-order valence-corrected chi connectivity index (χ2v) is 8.10. The van der Waals surface area contributed by atoms with Crippen molar-refractivity contribution in [3.05, 3.63) is 112 Å². The average Bonchev–Trinajstić information content (AvgIpc) is 2.81. The molecule has 33 heavy (non-hydrogen) atoms. The molecule has 0 aliphatic rings. The molecule has 0 spiro atoms. The summed E-state index contributed by atoms with van der Waals surface area (Å²) in [5.74, 6) is -0.476. The van der Waals surface area contributed by atoms with Gasteiger partial charge in [-0.2, -0.15) is 0 Å². The van der Waals surface area contributed by atoms with Gasteiger partial charge in [-0.1, -0.05) is 60.2 Å². The van der Waals surface area contributed by atoms with Gasteiger partial charge in [-0.15, -0.1) is 0 Å². The van der Waals surface area contributed by atoms with Gasteiger partial charge in [0.2, 0.25) is 0 Å². The van der Waals surface area contributed by atoms with Crippen LogP contribution in [-0.2, 0) is 11.3 Å². The van der Waals surface area contributed by atoms with E-state index in [0.29, 0.717) is 33.3 Å². The predicted molar refractivity (Wildman–Crippen MR) is 128 cm³/mol. The van der Waals surface area contributed by atoms with Crippen molar-refractivity contribution in [1.82, 2.24) is 4.98 Å². The second-order valence-electron chi connectivity index (χ2n) is 8.10. The topological polar surface area (TPSA) is 69.4 Å². The van der Waals surface area contributed by atoms with E-state index in [9.17, 15) is 9.59 Å². The molecule has 0 fully saturated rings. The van der Waals surface area contributed by atoms with Crippen molar-refractivity contribution in [2.45, 2.75) is 20.5 Å². The normalized spacial score (nSPS) is 11.1. The number of benzene rings is 3. The smallest absolute Gasteiger partial charge is 0.339 e. The number of hydrogen-bond donors (Lipinski definition) is 0. The predicted octanol–water partition coefficient (Wildman–Crippen LogP) is 5.98. The highest BCUT2D eigenvalue weighted by Crippen LogP contribution is 2.26. The van der Waals surface area contributed by atoms with Crippen molar-refractivity contribution in [2.75, 3.05) is 0 Å². The van der Waals surface area contributed by atoms with Crippen molar-refractivity contribution in [3.8, 4) is 11.3 Å². The second kappa shape index (κ2) is 8.36. The summed E-state index contributed by atoms with van der Waals surface area (Å²) in [4.78, 5) is 29.9. The summed E-state index contributed by atoms with van der Waals surface area (Å²) in [5.41, 5.74) is 5.49. The molecule has 0 bridgehead atoms. The van der Waals surface area contributed by atoms with Crippen molar-refractivity contribution in [2.24, 2.45) is 0 Å². The van der Waals surface area contributed by atoms with Gasteiger partial charge in [0, 0.05) is 28.0 Å². The highest BCUT2D eigenvalue weighted by Gasteiger charge is 2.16. The van der Waals surface area contributed by atoms with Gasteiger partial charge in [0.1, 0.15) is 12.2 Å². The number of carbonyl (C=O) groups excluding carboxylic acids is 1. The third kappa shape index (κ3) is 4.13. The first-order valence-electron chi connectivity index (χ1n) is 10.7. The first kappa shape index (κ1) is 20.6. The highest BCUT2D eigenvalue weighted by molar-refractivity contribution is 6.04. The molecule has 5 aromatic rings. The maximum absolute atomic E-state index is 13.2. The first-order chi connectivity index (χ1) is 16.0. The molecule has 0 aliphatic heterocycles. The molecule has 0 radical (unpaired) electrons. The summed E-state index contributed by atoms with van der Waals surface area (Å²) in [6.07, 6.45) is 0. The Labute approximate surface area is 190 Å². The Morgan fingerprint density at radius 1 is 0.879 bits per heavy atom. The minimum Gasteiger partial charge on any atom is -0.457 e. The lowest BCUT2D eigenvalue weighted by molar-refractivity contribution is 0.0476. The number of aryl methyl sites for hydroxylation is 2. The summed E-state index contributed by atoms with van der Waals surface area (Å²) in [6, 6.07) is 24.2. The Bertz CT molecular complexity index is 1570. The van der Waals surface area contributed by atoms with E-state index < -0.39 is 11.6 Å². The molecule has 0 N–H and O–H groups in total. The molecule has 0 saturated heterocycles. The van der Waals surface area contributed by atoms with Crippen LogP contribution in [0.2, 0.25) is 0 Å². The minimum atomic E-state index is -0.477. The van der Waals surface area contributed by atoms with Crippen LogP contribution in [0.4, 0.5) is 0 Å². The molecule has 0 saturated carbocycles. The monoisotopic (exact) mass is 435 g/mol. The number of nitrogens with zero attached hydrogens (tertiary/aromatic N) is 1. The Hall–Kier alpha value is -4.25. The van der Waals surface area contributed by atoms with E-state index in [0.717, 1.165) is 22.1 Å². The van der Waals surface area contributed by atoms with Crippen LogP contribution in [0.1, 0.15) is 27.0 Å². The summed E-state index contributed by atoms with van der Waals surface area (Å²) in [5, 5.41) is 1.46. The molecule has 0 atom stereocenters. The Kier molecular flexibility index (Phi) is 5.23. The molecule has 0 aliphatic carbocycles. The van der Waals surface area contributed by atoms with Crippen LogP contribution in [0.5, 0.6) is 0 Å². The Morgan fingerprint density at radius 3 is 2.45 bits per heavy atom. The number of rotatable bonds is 4. The van der Waals surface area contributed by atoms with E-state index in [-0.39, 0.29) is 6.61 Å². The van der Waals surface area contributed by atoms with E-state index in [4.69, 9.17) is 14.1 Å². The van der Waals surface area contributed by atoms with E-state index in [1.54, 1.807) is 12.1 Å². The van der Waals surface area contributed by atoms with Crippen LogP contribution in [0.3, 0.4) is 0 Å². The fourth-order valence-corrected chi connectivity index (χ4v) is 3.89. The first-order valence-corrected chi connectivity index (χ1v) is 10.7. The van der Waals surface area contributed by atoms with Gasteiger partial charge in [0.15, 0.2) is 0 Å². The van der Waals surface area contributed by atoms with Crippen LogP contribution in [0.25, 0.3) is 33.1 Å². The maximum atomic E-state index is 13.2. The molecule has 0 unspecified atom stereocenters. The molecule has 0 amide bonds. The van der Waals surface area contributed by atoms with Crippen molar-refractivity contribution >= 4 is 27.8 Å². The minimum absolute atomic E-state index is 0.0412. The number of hydrogen-bond acceptors (Lipinski definition) is 5. The molecule has 2 heterocycles. The van der Waals surface area contributed by atoms with E-state index in [1.807, 2.05) is 74.5 Å². The Morgan fingerprint density at radius 2 is 1.64 bits per heavy atom. The van der Waals surface area contributed by atoms with Gasteiger partial charge in [-0.3, -0.25) is 0 Å². The van der Waals surface area contributed by atoms with E-state index in [1.165, 1.54) is 6.07 Å². The lowest BCUT2D eigenvalue weighted by atomic mass is 10.0. The Balaban J connectivity index is 1.52. The standard InChI is InChI=1S/C28H21NO4/c1-17-7-10-19(11-8-17)25-15-23(22-5-3-4-6-24(22)29-25)28(31)32-16-20-14-27(30)33-26-13-18(2)9-12-21(20)26/h3-15H,16H2,1-2H3. The lowest BCUT2D eigenvalue weighted by Gasteiger charge is -2.11.